The Morgan fingerprint density at radius 1 is 1.08 bits per heavy atom. The standard InChI is InChI=1S/C16H26F3N3O2/c1-14(2)8-10(20)9-15(3,4)22(14)12(23)11-6-5-7-21(11)13(24)16(17,18)19/h10-11H,5-9,20H2,1-4H3. The van der Waals surface area contributed by atoms with Gasteiger partial charge in [-0.15, -0.1) is 0 Å². The van der Waals surface area contributed by atoms with E-state index in [0.29, 0.717) is 24.2 Å². The van der Waals surface area contributed by atoms with E-state index >= 15 is 0 Å². The molecule has 5 nitrogen and oxygen atoms in total. The fraction of sp³-hybridized carbons (Fsp3) is 0.875. The van der Waals surface area contributed by atoms with Crippen LogP contribution in [0, 0.1) is 0 Å². The number of hydrogen-bond donors (Lipinski definition) is 1. The van der Waals surface area contributed by atoms with E-state index in [1.807, 2.05) is 27.7 Å². The highest BCUT2D eigenvalue weighted by molar-refractivity contribution is 5.91. The van der Waals surface area contributed by atoms with Crippen LogP contribution in [0.1, 0.15) is 53.4 Å². The third kappa shape index (κ3) is 3.38. The van der Waals surface area contributed by atoms with Crippen LogP contribution in [0.25, 0.3) is 0 Å². The summed E-state index contributed by atoms with van der Waals surface area (Å²) in [4.78, 5) is 27.1. The number of carbonyl (C=O) groups is 2. The molecule has 0 aliphatic carbocycles. The number of hydrogen-bond acceptors (Lipinski definition) is 3. The number of piperidine rings is 1. The summed E-state index contributed by atoms with van der Waals surface area (Å²) in [7, 11) is 0. The van der Waals surface area contributed by atoms with Crippen molar-refractivity contribution in [1.29, 1.82) is 0 Å². The number of alkyl halides is 3. The summed E-state index contributed by atoms with van der Waals surface area (Å²) in [5.41, 5.74) is 4.93. The lowest BCUT2D eigenvalue weighted by molar-refractivity contribution is -0.188. The van der Waals surface area contributed by atoms with E-state index in [1.54, 1.807) is 4.90 Å². The summed E-state index contributed by atoms with van der Waals surface area (Å²) >= 11 is 0. The monoisotopic (exact) mass is 349 g/mol. The van der Waals surface area contributed by atoms with Gasteiger partial charge >= 0.3 is 12.1 Å². The van der Waals surface area contributed by atoms with Crippen molar-refractivity contribution in [1.82, 2.24) is 9.80 Å². The van der Waals surface area contributed by atoms with Crippen molar-refractivity contribution in [3.8, 4) is 0 Å². The third-order valence-corrected chi connectivity index (χ3v) is 5.00. The maximum absolute atomic E-state index is 13.1. The normalized spacial score (nSPS) is 27.4. The minimum atomic E-state index is -4.96. The quantitative estimate of drug-likeness (QED) is 0.788. The number of nitrogens with two attached hydrogens (primary N) is 1. The van der Waals surface area contributed by atoms with Gasteiger partial charge in [0.25, 0.3) is 0 Å². The van der Waals surface area contributed by atoms with E-state index < -0.39 is 35.1 Å². The zero-order valence-corrected chi connectivity index (χ0v) is 14.6. The van der Waals surface area contributed by atoms with Gasteiger partial charge in [0, 0.05) is 23.7 Å². The van der Waals surface area contributed by atoms with Crippen molar-refractivity contribution < 1.29 is 22.8 Å². The zero-order chi connectivity index (χ0) is 18.5. The number of likely N-dealkylation sites (tertiary alicyclic amines) is 2. The third-order valence-electron chi connectivity index (χ3n) is 5.00. The van der Waals surface area contributed by atoms with Gasteiger partial charge in [0.2, 0.25) is 5.91 Å². The first-order valence-corrected chi connectivity index (χ1v) is 8.25. The molecule has 0 spiro atoms. The van der Waals surface area contributed by atoms with E-state index in [-0.39, 0.29) is 19.0 Å². The topological polar surface area (TPSA) is 66.6 Å². The highest BCUT2D eigenvalue weighted by Crippen LogP contribution is 2.40. The Bertz CT molecular complexity index is 513. The summed E-state index contributed by atoms with van der Waals surface area (Å²) < 4.78 is 38.4. The lowest BCUT2D eigenvalue weighted by Crippen LogP contribution is -2.68. The van der Waals surface area contributed by atoms with E-state index in [1.165, 1.54) is 0 Å². The van der Waals surface area contributed by atoms with Crippen LogP contribution >= 0.6 is 0 Å². The highest BCUT2D eigenvalue weighted by atomic mass is 19.4. The van der Waals surface area contributed by atoms with Gasteiger partial charge in [0.05, 0.1) is 0 Å². The molecule has 2 fully saturated rings. The number of amides is 2. The molecule has 24 heavy (non-hydrogen) atoms. The van der Waals surface area contributed by atoms with Crippen LogP contribution in [-0.2, 0) is 9.59 Å². The average molecular weight is 349 g/mol. The van der Waals surface area contributed by atoms with Crippen LogP contribution in [0.4, 0.5) is 13.2 Å². The summed E-state index contributed by atoms with van der Waals surface area (Å²) in [6, 6.07) is -1.12. The summed E-state index contributed by atoms with van der Waals surface area (Å²) in [5, 5.41) is 0. The minimum absolute atomic E-state index is 0.0387. The minimum Gasteiger partial charge on any atom is -0.331 e. The second-order valence-electron chi connectivity index (χ2n) is 8.12. The Morgan fingerprint density at radius 2 is 1.58 bits per heavy atom. The Morgan fingerprint density at radius 3 is 2.04 bits per heavy atom. The average Bonchev–Trinajstić information content (AvgIpc) is 2.81. The number of carbonyl (C=O) groups excluding carboxylic acids is 2. The smallest absolute Gasteiger partial charge is 0.331 e. The van der Waals surface area contributed by atoms with Gasteiger partial charge < -0.3 is 15.5 Å². The van der Waals surface area contributed by atoms with Crippen LogP contribution in [0.15, 0.2) is 0 Å². The molecule has 0 aromatic heterocycles. The molecule has 2 amide bonds. The molecule has 1 unspecified atom stereocenters. The van der Waals surface area contributed by atoms with E-state index in [0.717, 1.165) is 0 Å². The molecular formula is C16H26F3N3O2. The first kappa shape index (κ1) is 19.0. The van der Waals surface area contributed by atoms with Gasteiger partial charge in [-0.1, -0.05) is 0 Å². The van der Waals surface area contributed by atoms with Crippen LogP contribution < -0.4 is 5.73 Å². The molecule has 0 radical (unpaired) electrons. The van der Waals surface area contributed by atoms with E-state index in [9.17, 15) is 22.8 Å². The predicted octanol–water partition coefficient (Wildman–Crippen LogP) is 2.05. The zero-order valence-electron chi connectivity index (χ0n) is 14.6. The second-order valence-corrected chi connectivity index (χ2v) is 8.12. The van der Waals surface area contributed by atoms with Crippen molar-refractivity contribution in [3.05, 3.63) is 0 Å². The highest BCUT2D eigenvalue weighted by Gasteiger charge is 2.53. The first-order valence-electron chi connectivity index (χ1n) is 8.25. The molecule has 0 bridgehead atoms. The van der Waals surface area contributed by atoms with Crippen molar-refractivity contribution in [3.63, 3.8) is 0 Å². The van der Waals surface area contributed by atoms with Gasteiger partial charge in [-0.3, -0.25) is 9.59 Å². The number of rotatable bonds is 1. The molecule has 2 aliphatic heterocycles. The second kappa shape index (κ2) is 5.89. The molecular weight excluding hydrogens is 323 g/mol. The van der Waals surface area contributed by atoms with Crippen LogP contribution in [0.3, 0.4) is 0 Å². The molecule has 1 atom stereocenters. The molecule has 0 saturated carbocycles. The molecule has 2 saturated heterocycles. The lowest BCUT2D eigenvalue weighted by atomic mass is 9.76. The Balaban J connectivity index is 2.30. The molecule has 8 heteroatoms. The van der Waals surface area contributed by atoms with Crippen molar-refractivity contribution in [2.75, 3.05) is 6.54 Å². The summed E-state index contributed by atoms with van der Waals surface area (Å²) in [6.45, 7) is 7.45. The molecule has 2 aliphatic rings. The van der Waals surface area contributed by atoms with Gasteiger partial charge in [-0.05, 0) is 53.4 Å². The number of halogens is 3. The largest absolute Gasteiger partial charge is 0.471 e. The first-order chi connectivity index (χ1) is 10.8. The van der Waals surface area contributed by atoms with Crippen LogP contribution in [0.5, 0.6) is 0 Å². The van der Waals surface area contributed by atoms with Crippen LogP contribution in [0.2, 0.25) is 0 Å². The summed E-state index contributed by atoms with van der Waals surface area (Å²) in [5.74, 6) is -2.34. The van der Waals surface area contributed by atoms with E-state index in [2.05, 4.69) is 0 Å². The molecule has 138 valence electrons. The van der Waals surface area contributed by atoms with Crippen molar-refractivity contribution in [2.45, 2.75) is 82.7 Å². The SMILES string of the molecule is CC1(C)CC(N)CC(C)(C)N1C(=O)C1CCCN1C(=O)C(F)(F)F. The predicted molar refractivity (Wildman–Crippen MR) is 83.0 cm³/mol. The maximum atomic E-state index is 13.1. The van der Waals surface area contributed by atoms with Gasteiger partial charge in [0.15, 0.2) is 0 Å². The number of nitrogens with zero attached hydrogens (tertiary/aromatic N) is 2. The lowest BCUT2D eigenvalue weighted by Gasteiger charge is -2.55. The molecule has 2 rings (SSSR count). The van der Waals surface area contributed by atoms with Crippen molar-refractivity contribution >= 4 is 11.8 Å². The summed E-state index contributed by atoms with van der Waals surface area (Å²) in [6.07, 6.45) is -3.16. The fourth-order valence-corrected chi connectivity index (χ4v) is 4.53. The van der Waals surface area contributed by atoms with Gasteiger partial charge in [0.1, 0.15) is 6.04 Å². The fourth-order valence-electron chi connectivity index (χ4n) is 4.53. The molecule has 2 N–H and O–H groups in total. The Hall–Kier alpha value is -1.31. The molecule has 2 heterocycles. The van der Waals surface area contributed by atoms with Crippen molar-refractivity contribution in [2.24, 2.45) is 5.73 Å². The molecule has 0 aromatic carbocycles. The van der Waals surface area contributed by atoms with E-state index in [4.69, 9.17) is 5.73 Å². The Labute approximate surface area is 140 Å². The van der Waals surface area contributed by atoms with Gasteiger partial charge in [-0.2, -0.15) is 13.2 Å². The molecule has 0 aromatic rings. The van der Waals surface area contributed by atoms with Gasteiger partial charge in [-0.25, -0.2) is 0 Å². The van der Waals surface area contributed by atoms with Crippen LogP contribution in [-0.4, -0.2) is 57.5 Å². The maximum Gasteiger partial charge on any atom is 0.471 e. The Kier molecular flexibility index (Phi) is 4.67.